The van der Waals surface area contributed by atoms with Gasteiger partial charge in [-0.1, -0.05) is 12.0 Å². The summed E-state index contributed by atoms with van der Waals surface area (Å²) >= 11 is 1.32. The highest BCUT2D eigenvalue weighted by atomic mass is 32.1. The fraction of sp³-hybridized carbons (Fsp3) is 0.0526. The molecule has 28 heavy (non-hydrogen) atoms. The summed E-state index contributed by atoms with van der Waals surface area (Å²) in [6, 6.07) is 5.57. The molecule has 0 atom stereocenters. The minimum Gasteiger partial charge on any atom is -0.296 e. The van der Waals surface area contributed by atoms with Crippen molar-refractivity contribution >= 4 is 22.4 Å². The third kappa shape index (κ3) is 3.62. The number of hydrogen-bond acceptors (Lipinski definition) is 7. The van der Waals surface area contributed by atoms with Crippen molar-refractivity contribution < 1.29 is 4.79 Å². The summed E-state index contributed by atoms with van der Waals surface area (Å²) in [4.78, 5) is 33.6. The molecule has 0 spiro atoms. The zero-order chi connectivity index (χ0) is 19.3. The van der Waals surface area contributed by atoms with E-state index in [1.807, 2.05) is 23.6 Å². The van der Waals surface area contributed by atoms with Crippen molar-refractivity contribution in [3.63, 3.8) is 0 Å². The molecular formula is C19H13N7OS. The highest BCUT2D eigenvalue weighted by molar-refractivity contribution is 7.14. The zero-order valence-corrected chi connectivity index (χ0v) is 15.5. The van der Waals surface area contributed by atoms with E-state index in [4.69, 9.17) is 0 Å². The number of pyridine rings is 1. The van der Waals surface area contributed by atoms with Crippen molar-refractivity contribution in [2.75, 3.05) is 5.32 Å². The van der Waals surface area contributed by atoms with Crippen molar-refractivity contribution in [2.45, 2.75) is 6.92 Å². The van der Waals surface area contributed by atoms with Crippen LogP contribution in [0.4, 0.5) is 5.13 Å². The first-order chi connectivity index (χ1) is 13.7. The first-order valence-corrected chi connectivity index (χ1v) is 9.07. The smallest absolute Gasteiger partial charge is 0.276 e. The number of thiazole rings is 1. The van der Waals surface area contributed by atoms with Crippen LogP contribution in [-0.4, -0.2) is 35.4 Å². The van der Waals surface area contributed by atoms with Crippen LogP contribution in [0.15, 0.2) is 54.8 Å². The van der Waals surface area contributed by atoms with Crippen molar-refractivity contribution in [1.29, 1.82) is 0 Å². The standard InChI is InChI=1S/C19H13N7OS/c1-2-4-13-5-3-6-15(23-13)16-10-28-19(24-16)25-18(27)17-9-22-12-26(17)14-7-20-11-21-8-14/h3,5-12H,1H3,(H,24,25,27). The Hall–Kier alpha value is -3.90. The van der Waals surface area contributed by atoms with Crippen molar-refractivity contribution in [3.8, 4) is 28.9 Å². The van der Waals surface area contributed by atoms with Crippen molar-refractivity contribution in [1.82, 2.24) is 29.5 Å². The molecule has 0 fully saturated rings. The molecule has 4 aromatic rings. The fourth-order valence-electron chi connectivity index (χ4n) is 2.47. The Kier molecular flexibility index (Phi) is 4.86. The summed E-state index contributed by atoms with van der Waals surface area (Å²) < 4.78 is 1.61. The number of rotatable bonds is 4. The van der Waals surface area contributed by atoms with E-state index in [1.54, 1.807) is 23.9 Å². The van der Waals surface area contributed by atoms with Gasteiger partial charge >= 0.3 is 0 Å². The molecule has 1 amide bonds. The van der Waals surface area contributed by atoms with E-state index in [0.717, 1.165) is 0 Å². The number of nitrogens with zero attached hydrogens (tertiary/aromatic N) is 6. The van der Waals surface area contributed by atoms with E-state index >= 15 is 0 Å². The lowest BCUT2D eigenvalue weighted by Crippen LogP contribution is -2.16. The van der Waals surface area contributed by atoms with Gasteiger partial charge in [0.2, 0.25) is 0 Å². The number of amides is 1. The molecule has 4 heterocycles. The number of aromatic nitrogens is 6. The minimum absolute atomic E-state index is 0.333. The quantitative estimate of drug-likeness (QED) is 0.541. The number of carbonyl (C=O) groups is 1. The summed E-state index contributed by atoms with van der Waals surface area (Å²) in [6.07, 6.45) is 7.64. The van der Waals surface area contributed by atoms with Crippen LogP contribution in [0, 0.1) is 11.8 Å². The van der Waals surface area contributed by atoms with Gasteiger partial charge in [-0.15, -0.1) is 11.3 Å². The average molecular weight is 387 g/mol. The predicted octanol–water partition coefficient (Wildman–Crippen LogP) is 2.80. The fourth-order valence-corrected chi connectivity index (χ4v) is 3.17. The van der Waals surface area contributed by atoms with Crippen LogP contribution in [0.3, 0.4) is 0 Å². The molecule has 0 saturated heterocycles. The summed E-state index contributed by atoms with van der Waals surface area (Å²) in [5.41, 5.74) is 3.04. The Bertz CT molecular complexity index is 1190. The number of nitrogens with one attached hydrogen (secondary N) is 1. The Morgan fingerprint density at radius 2 is 1.96 bits per heavy atom. The summed E-state index contributed by atoms with van der Waals surface area (Å²) in [6.45, 7) is 1.76. The van der Waals surface area contributed by atoms with Crippen molar-refractivity contribution in [3.05, 3.63) is 66.2 Å². The maximum atomic E-state index is 12.7. The van der Waals surface area contributed by atoms with Crippen LogP contribution in [0.5, 0.6) is 0 Å². The van der Waals surface area contributed by atoms with Gasteiger partial charge in [-0.2, -0.15) is 0 Å². The SMILES string of the molecule is CC#Cc1cccc(-c2csc(NC(=O)c3cncn3-c3cncnc3)n2)n1. The molecular weight excluding hydrogens is 374 g/mol. The molecule has 1 N–H and O–H groups in total. The second-order valence-electron chi connectivity index (χ2n) is 5.52. The molecule has 0 aromatic carbocycles. The van der Waals surface area contributed by atoms with Gasteiger partial charge in [0.15, 0.2) is 5.13 Å². The molecule has 136 valence electrons. The summed E-state index contributed by atoms with van der Waals surface area (Å²) in [5.74, 6) is 5.41. The molecule has 0 aliphatic heterocycles. The lowest BCUT2D eigenvalue weighted by Gasteiger charge is -2.06. The maximum absolute atomic E-state index is 12.7. The van der Waals surface area contributed by atoms with Crippen LogP contribution in [0.25, 0.3) is 17.1 Å². The van der Waals surface area contributed by atoms with E-state index in [9.17, 15) is 4.79 Å². The summed E-state index contributed by atoms with van der Waals surface area (Å²) in [7, 11) is 0. The maximum Gasteiger partial charge on any atom is 0.276 e. The molecule has 8 nitrogen and oxygen atoms in total. The molecule has 0 radical (unpaired) electrons. The predicted molar refractivity (Wildman–Crippen MR) is 105 cm³/mol. The Labute approximate surface area is 164 Å². The lowest BCUT2D eigenvalue weighted by molar-refractivity contribution is 0.102. The molecule has 0 saturated carbocycles. The van der Waals surface area contributed by atoms with Gasteiger partial charge in [-0.05, 0) is 25.0 Å². The molecule has 0 aliphatic rings. The Balaban J connectivity index is 1.55. The van der Waals surface area contributed by atoms with Crippen LogP contribution in [-0.2, 0) is 0 Å². The normalized spacial score (nSPS) is 10.2. The lowest BCUT2D eigenvalue weighted by atomic mass is 10.2. The average Bonchev–Trinajstić information content (AvgIpc) is 3.39. The number of imidazole rings is 1. The third-order valence-corrected chi connectivity index (χ3v) is 4.44. The zero-order valence-electron chi connectivity index (χ0n) is 14.7. The number of carbonyl (C=O) groups excluding carboxylic acids is 1. The van der Waals surface area contributed by atoms with Gasteiger partial charge in [-0.25, -0.2) is 24.9 Å². The van der Waals surface area contributed by atoms with Crippen LogP contribution in [0.2, 0.25) is 0 Å². The highest BCUT2D eigenvalue weighted by Gasteiger charge is 2.16. The van der Waals surface area contributed by atoms with Crippen molar-refractivity contribution in [2.24, 2.45) is 0 Å². The van der Waals surface area contributed by atoms with Gasteiger partial charge in [0.05, 0.1) is 36.3 Å². The van der Waals surface area contributed by atoms with Gasteiger partial charge in [-0.3, -0.25) is 14.7 Å². The van der Waals surface area contributed by atoms with Crippen LogP contribution in [0.1, 0.15) is 23.1 Å². The van der Waals surface area contributed by atoms with E-state index in [2.05, 4.69) is 42.1 Å². The van der Waals surface area contributed by atoms with Gasteiger partial charge in [0.1, 0.15) is 23.4 Å². The third-order valence-electron chi connectivity index (χ3n) is 3.69. The van der Waals surface area contributed by atoms with Gasteiger partial charge in [0, 0.05) is 5.38 Å². The number of hydrogen-bond donors (Lipinski definition) is 1. The topological polar surface area (TPSA) is 98.5 Å². The minimum atomic E-state index is -0.333. The van der Waals surface area contributed by atoms with E-state index in [1.165, 1.54) is 30.2 Å². The van der Waals surface area contributed by atoms with E-state index in [0.29, 0.717) is 33.6 Å². The number of anilines is 1. The molecule has 4 rings (SSSR count). The second kappa shape index (κ2) is 7.77. The first-order valence-electron chi connectivity index (χ1n) is 8.19. The largest absolute Gasteiger partial charge is 0.296 e. The molecule has 0 aliphatic carbocycles. The van der Waals surface area contributed by atoms with E-state index < -0.39 is 0 Å². The van der Waals surface area contributed by atoms with E-state index in [-0.39, 0.29) is 5.91 Å². The Morgan fingerprint density at radius 3 is 2.79 bits per heavy atom. The van der Waals surface area contributed by atoms with Crippen LogP contribution >= 0.6 is 11.3 Å². The molecule has 0 unspecified atom stereocenters. The molecule has 4 aromatic heterocycles. The first kappa shape index (κ1) is 17.5. The van der Waals surface area contributed by atoms with Crippen LogP contribution < -0.4 is 5.32 Å². The summed E-state index contributed by atoms with van der Waals surface area (Å²) in [5, 5.41) is 5.10. The second-order valence-corrected chi connectivity index (χ2v) is 6.38. The highest BCUT2D eigenvalue weighted by Crippen LogP contribution is 2.24. The van der Waals surface area contributed by atoms with Gasteiger partial charge in [0.25, 0.3) is 5.91 Å². The molecule has 9 heteroatoms. The monoisotopic (exact) mass is 387 g/mol. The van der Waals surface area contributed by atoms with Gasteiger partial charge < -0.3 is 0 Å². The molecule has 0 bridgehead atoms. The Morgan fingerprint density at radius 1 is 1.11 bits per heavy atom.